The number of carbonyl (C=O) groups is 1. The predicted octanol–water partition coefficient (Wildman–Crippen LogP) is 4.36. The molecule has 0 radical (unpaired) electrons. The molecule has 5 heteroatoms. The molecule has 1 fully saturated rings. The van der Waals surface area contributed by atoms with Crippen LogP contribution in [0.3, 0.4) is 0 Å². The first-order valence-electron chi connectivity index (χ1n) is 8.58. The highest BCUT2D eigenvalue weighted by Crippen LogP contribution is 2.33. The van der Waals surface area contributed by atoms with Gasteiger partial charge in [-0.3, -0.25) is 4.79 Å². The van der Waals surface area contributed by atoms with Crippen molar-refractivity contribution in [1.29, 1.82) is 0 Å². The fraction of sp³-hybridized carbons (Fsp3) is 0.300. The number of imidazole rings is 1. The van der Waals surface area contributed by atoms with Crippen molar-refractivity contribution in [2.75, 3.05) is 6.54 Å². The lowest BCUT2D eigenvalue weighted by atomic mass is 10.0. The molecule has 1 aliphatic heterocycles. The summed E-state index contributed by atoms with van der Waals surface area (Å²) in [5, 5.41) is 0.716. The van der Waals surface area contributed by atoms with E-state index >= 15 is 0 Å². The van der Waals surface area contributed by atoms with E-state index < -0.39 is 0 Å². The van der Waals surface area contributed by atoms with Crippen molar-refractivity contribution in [1.82, 2.24) is 14.5 Å². The number of rotatable bonds is 3. The lowest BCUT2D eigenvalue weighted by Gasteiger charge is -2.25. The van der Waals surface area contributed by atoms with Crippen LogP contribution in [0, 0.1) is 6.92 Å². The van der Waals surface area contributed by atoms with E-state index in [9.17, 15) is 4.79 Å². The zero-order chi connectivity index (χ0) is 17.4. The molecule has 0 aliphatic carbocycles. The number of likely N-dealkylation sites (tertiary alicyclic amines) is 1. The molecule has 1 amide bonds. The van der Waals surface area contributed by atoms with Gasteiger partial charge in [-0.05, 0) is 55.2 Å². The standard InChI is InChI=1S/C20H20ClN3O/c1-14-7-8-19-17(10-14)22-13-23(19)12-20(25)24-9-3-6-18(24)15-4-2-5-16(21)11-15/h2,4-5,7-8,10-11,13,18H,3,6,9,12H2,1H3. The number of aryl methyl sites for hydroxylation is 1. The monoisotopic (exact) mass is 353 g/mol. The third kappa shape index (κ3) is 3.14. The summed E-state index contributed by atoms with van der Waals surface area (Å²) in [5.41, 5.74) is 4.21. The van der Waals surface area contributed by atoms with Crippen LogP contribution in [0.1, 0.15) is 30.0 Å². The first-order valence-corrected chi connectivity index (χ1v) is 8.96. The van der Waals surface area contributed by atoms with Crippen molar-refractivity contribution < 1.29 is 4.79 Å². The smallest absolute Gasteiger partial charge is 0.243 e. The molecule has 1 saturated heterocycles. The highest BCUT2D eigenvalue weighted by Gasteiger charge is 2.30. The Balaban J connectivity index is 1.57. The predicted molar refractivity (Wildman–Crippen MR) is 99.6 cm³/mol. The maximum atomic E-state index is 12.9. The van der Waals surface area contributed by atoms with Gasteiger partial charge in [-0.2, -0.15) is 0 Å². The van der Waals surface area contributed by atoms with Crippen LogP contribution in [0.4, 0.5) is 0 Å². The minimum Gasteiger partial charge on any atom is -0.334 e. The van der Waals surface area contributed by atoms with Crippen molar-refractivity contribution in [3.63, 3.8) is 0 Å². The van der Waals surface area contributed by atoms with Crippen molar-refractivity contribution in [2.24, 2.45) is 0 Å². The molecule has 2 heterocycles. The fourth-order valence-corrected chi connectivity index (χ4v) is 3.86. The third-order valence-corrected chi connectivity index (χ3v) is 5.12. The largest absolute Gasteiger partial charge is 0.334 e. The first-order chi connectivity index (χ1) is 12.1. The number of nitrogens with zero attached hydrogens (tertiary/aromatic N) is 3. The number of halogens is 1. The van der Waals surface area contributed by atoms with Gasteiger partial charge in [0.1, 0.15) is 6.54 Å². The molecule has 1 atom stereocenters. The van der Waals surface area contributed by atoms with Gasteiger partial charge >= 0.3 is 0 Å². The van der Waals surface area contributed by atoms with E-state index in [4.69, 9.17) is 11.6 Å². The van der Waals surface area contributed by atoms with Gasteiger partial charge in [0, 0.05) is 11.6 Å². The molecule has 128 valence electrons. The molecule has 1 aromatic heterocycles. The maximum Gasteiger partial charge on any atom is 0.243 e. The second-order valence-corrected chi connectivity index (χ2v) is 7.10. The van der Waals surface area contributed by atoms with E-state index in [0.717, 1.165) is 36.0 Å². The average molecular weight is 354 g/mol. The Morgan fingerprint density at radius 3 is 3.00 bits per heavy atom. The summed E-state index contributed by atoms with van der Waals surface area (Å²) in [6.45, 7) is 3.15. The van der Waals surface area contributed by atoms with Gasteiger partial charge in [0.25, 0.3) is 0 Å². The van der Waals surface area contributed by atoms with Crippen LogP contribution in [-0.2, 0) is 11.3 Å². The van der Waals surface area contributed by atoms with Gasteiger partial charge in [0.2, 0.25) is 5.91 Å². The van der Waals surface area contributed by atoms with Crippen molar-refractivity contribution in [3.8, 4) is 0 Å². The van der Waals surface area contributed by atoms with Gasteiger partial charge in [-0.1, -0.05) is 29.8 Å². The topological polar surface area (TPSA) is 38.1 Å². The second-order valence-electron chi connectivity index (χ2n) is 6.66. The minimum atomic E-state index is 0.114. The molecular weight excluding hydrogens is 334 g/mol. The van der Waals surface area contributed by atoms with Crippen LogP contribution in [0.2, 0.25) is 5.02 Å². The number of amides is 1. The summed E-state index contributed by atoms with van der Waals surface area (Å²) in [7, 11) is 0. The molecule has 4 rings (SSSR count). The summed E-state index contributed by atoms with van der Waals surface area (Å²) in [5.74, 6) is 0.127. The van der Waals surface area contributed by atoms with E-state index in [1.807, 2.05) is 46.7 Å². The highest BCUT2D eigenvalue weighted by atomic mass is 35.5. The molecule has 2 aromatic carbocycles. The second kappa shape index (κ2) is 6.52. The normalized spacial score (nSPS) is 17.4. The molecular formula is C20H20ClN3O. The molecule has 3 aromatic rings. The minimum absolute atomic E-state index is 0.114. The van der Waals surface area contributed by atoms with E-state index in [1.54, 1.807) is 6.33 Å². The highest BCUT2D eigenvalue weighted by molar-refractivity contribution is 6.30. The number of aromatic nitrogens is 2. The lowest BCUT2D eigenvalue weighted by Crippen LogP contribution is -2.33. The molecule has 1 unspecified atom stereocenters. The van der Waals surface area contributed by atoms with Crippen LogP contribution < -0.4 is 0 Å². The number of hydrogen-bond donors (Lipinski definition) is 0. The Hall–Kier alpha value is -2.33. The summed E-state index contributed by atoms with van der Waals surface area (Å²) < 4.78 is 1.93. The number of carbonyl (C=O) groups excluding carboxylic acids is 1. The van der Waals surface area contributed by atoms with E-state index in [1.165, 1.54) is 5.56 Å². The van der Waals surface area contributed by atoms with E-state index in [-0.39, 0.29) is 11.9 Å². The lowest BCUT2D eigenvalue weighted by molar-refractivity contribution is -0.132. The van der Waals surface area contributed by atoms with Gasteiger partial charge in [-0.25, -0.2) is 4.98 Å². The van der Waals surface area contributed by atoms with Gasteiger partial charge in [0.15, 0.2) is 0 Å². The van der Waals surface area contributed by atoms with Gasteiger partial charge in [0.05, 0.1) is 23.4 Å². The molecule has 0 bridgehead atoms. The van der Waals surface area contributed by atoms with Crippen LogP contribution in [0.15, 0.2) is 48.8 Å². The van der Waals surface area contributed by atoms with Crippen LogP contribution in [0.25, 0.3) is 11.0 Å². The Morgan fingerprint density at radius 2 is 2.16 bits per heavy atom. The molecule has 0 spiro atoms. The molecule has 1 aliphatic rings. The van der Waals surface area contributed by atoms with Crippen LogP contribution in [-0.4, -0.2) is 26.9 Å². The molecule has 0 N–H and O–H groups in total. The summed E-state index contributed by atoms with van der Waals surface area (Å²) >= 11 is 6.13. The third-order valence-electron chi connectivity index (χ3n) is 4.89. The number of fused-ring (bicyclic) bond motifs is 1. The van der Waals surface area contributed by atoms with E-state index in [0.29, 0.717) is 11.6 Å². The zero-order valence-corrected chi connectivity index (χ0v) is 14.9. The van der Waals surface area contributed by atoms with Crippen molar-refractivity contribution in [2.45, 2.75) is 32.4 Å². The van der Waals surface area contributed by atoms with Crippen molar-refractivity contribution in [3.05, 3.63) is 64.9 Å². The fourth-order valence-electron chi connectivity index (χ4n) is 3.66. The first kappa shape index (κ1) is 16.2. The Kier molecular flexibility index (Phi) is 4.22. The molecule has 25 heavy (non-hydrogen) atoms. The summed E-state index contributed by atoms with van der Waals surface area (Å²) in [4.78, 5) is 19.3. The number of benzene rings is 2. The Morgan fingerprint density at radius 1 is 1.28 bits per heavy atom. The van der Waals surface area contributed by atoms with Crippen LogP contribution in [0.5, 0.6) is 0 Å². The zero-order valence-electron chi connectivity index (χ0n) is 14.2. The van der Waals surface area contributed by atoms with Gasteiger partial charge in [-0.15, -0.1) is 0 Å². The van der Waals surface area contributed by atoms with Crippen LogP contribution >= 0.6 is 11.6 Å². The summed E-state index contributed by atoms with van der Waals surface area (Å²) in [6, 6.07) is 14.1. The molecule has 0 saturated carbocycles. The summed E-state index contributed by atoms with van der Waals surface area (Å²) in [6.07, 6.45) is 3.76. The SMILES string of the molecule is Cc1ccc2c(c1)ncn2CC(=O)N1CCCC1c1cccc(Cl)c1. The Labute approximate surface area is 152 Å². The average Bonchev–Trinajstić information content (AvgIpc) is 3.22. The Bertz CT molecular complexity index is 934. The van der Waals surface area contributed by atoms with Gasteiger partial charge < -0.3 is 9.47 Å². The maximum absolute atomic E-state index is 12.9. The quantitative estimate of drug-likeness (QED) is 0.701. The number of hydrogen-bond acceptors (Lipinski definition) is 2. The van der Waals surface area contributed by atoms with E-state index in [2.05, 4.69) is 17.1 Å². The van der Waals surface area contributed by atoms with Crippen molar-refractivity contribution >= 4 is 28.5 Å². The molecule has 4 nitrogen and oxygen atoms in total.